The lowest BCUT2D eigenvalue weighted by Crippen LogP contribution is -2.30. The molecule has 2 aromatic carbocycles. The highest BCUT2D eigenvalue weighted by atomic mass is 79.9. The monoisotopic (exact) mass is 322 g/mol. The van der Waals surface area contributed by atoms with Crippen LogP contribution in [0.4, 0.5) is 4.39 Å². The van der Waals surface area contributed by atoms with Crippen LogP contribution in [0.1, 0.15) is 18.1 Å². The molecule has 1 unspecified atom stereocenters. The molecule has 0 aliphatic rings. The maximum Gasteiger partial charge on any atom is 0.124 e. The Kier molecular flexibility index (Phi) is 4.38. The van der Waals surface area contributed by atoms with Crippen molar-refractivity contribution in [1.82, 2.24) is 0 Å². The van der Waals surface area contributed by atoms with E-state index in [-0.39, 0.29) is 5.82 Å². The van der Waals surface area contributed by atoms with Gasteiger partial charge in [-0.05, 0) is 36.2 Å². The van der Waals surface area contributed by atoms with Crippen molar-refractivity contribution in [2.75, 3.05) is 0 Å². The van der Waals surface area contributed by atoms with Gasteiger partial charge in [0.2, 0.25) is 0 Å². The molecule has 0 aliphatic carbocycles. The van der Waals surface area contributed by atoms with Crippen LogP contribution in [0.5, 0.6) is 0 Å². The van der Waals surface area contributed by atoms with Crippen LogP contribution in [-0.4, -0.2) is 10.7 Å². The Balaban J connectivity index is 2.12. The van der Waals surface area contributed by atoms with Crippen LogP contribution in [0.2, 0.25) is 0 Å². The van der Waals surface area contributed by atoms with Gasteiger partial charge in [-0.1, -0.05) is 46.3 Å². The Morgan fingerprint density at radius 1 is 1.05 bits per heavy atom. The Bertz CT molecular complexity index is 532. The Morgan fingerprint density at radius 3 is 2.32 bits per heavy atom. The quantitative estimate of drug-likeness (QED) is 0.897. The summed E-state index contributed by atoms with van der Waals surface area (Å²) in [6.45, 7) is 1.78. The van der Waals surface area contributed by atoms with Gasteiger partial charge in [0.15, 0.2) is 0 Å². The molecule has 0 aromatic heterocycles. The van der Waals surface area contributed by atoms with E-state index in [1.165, 1.54) is 12.1 Å². The van der Waals surface area contributed by atoms with Gasteiger partial charge < -0.3 is 5.11 Å². The molecule has 2 rings (SSSR count). The molecule has 100 valence electrons. The average Bonchev–Trinajstić information content (AvgIpc) is 2.27. The van der Waals surface area contributed by atoms with Crippen LogP contribution in [0.3, 0.4) is 0 Å². The summed E-state index contributed by atoms with van der Waals surface area (Å²) >= 11 is 3.27. The summed E-state index contributed by atoms with van der Waals surface area (Å²) in [6.07, 6.45) is 0.959. The van der Waals surface area contributed by atoms with Crippen molar-refractivity contribution in [3.05, 3.63) is 69.9 Å². The zero-order valence-corrected chi connectivity index (χ0v) is 12.3. The fourth-order valence-corrected chi connectivity index (χ4v) is 2.76. The molecule has 19 heavy (non-hydrogen) atoms. The van der Waals surface area contributed by atoms with Crippen molar-refractivity contribution in [2.45, 2.75) is 25.4 Å². The van der Waals surface area contributed by atoms with Crippen molar-refractivity contribution < 1.29 is 9.50 Å². The molecular formula is C16H16BrFO. The van der Waals surface area contributed by atoms with Gasteiger partial charge in [-0.2, -0.15) is 0 Å². The van der Waals surface area contributed by atoms with Gasteiger partial charge >= 0.3 is 0 Å². The number of benzene rings is 2. The van der Waals surface area contributed by atoms with Crippen LogP contribution in [0.25, 0.3) is 0 Å². The minimum Gasteiger partial charge on any atom is -0.389 e. The van der Waals surface area contributed by atoms with Gasteiger partial charge in [0, 0.05) is 17.3 Å². The van der Waals surface area contributed by atoms with E-state index in [9.17, 15) is 9.50 Å². The highest BCUT2D eigenvalue weighted by Crippen LogP contribution is 2.22. The predicted molar refractivity (Wildman–Crippen MR) is 78.6 cm³/mol. The molecule has 2 aromatic rings. The van der Waals surface area contributed by atoms with E-state index >= 15 is 0 Å². The first-order chi connectivity index (χ1) is 8.94. The molecule has 0 aliphatic heterocycles. The van der Waals surface area contributed by atoms with Gasteiger partial charge in [-0.15, -0.1) is 0 Å². The number of hydrogen-bond acceptors (Lipinski definition) is 1. The fourth-order valence-electron chi connectivity index (χ4n) is 2.25. The van der Waals surface area contributed by atoms with Crippen LogP contribution >= 0.6 is 15.9 Å². The normalized spacial score (nSPS) is 14.1. The minimum atomic E-state index is -0.894. The molecule has 0 heterocycles. The summed E-state index contributed by atoms with van der Waals surface area (Å²) in [5.74, 6) is -0.292. The average molecular weight is 323 g/mol. The largest absolute Gasteiger partial charge is 0.389 e. The van der Waals surface area contributed by atoms with Crippen LogP contribution in [0, 0.1) is 5.82 Å². The van der Waals surface area contributed by atoms with Gasteiger partial charge in [-0.3, -0.25) is 0 Å². The van der Waals surface area contributed by atoms with E-state index in [1.54, 1.807) is 6.92 Å². The van der Waals surface area contributed by atoms with E-state index in [0.29, 0.717) is 17.3 Å². The lowest BCUT2D eigenvalue weighted by Gasteiger charge is -2.23. The number of aliphatic hydroxyl groups is 1. The third kappa shape index (κ3) is 4.44. The van der Waals surface area contributed by atoms with E-state index in [1.807, 2.05) is 36.4 Å². The summed E-state index contributed by atoms with van der Waals surface area (Å²) in [6, 6.07) is 14.5. The Labute approximate surface area is 121 Å². The fraction of sp³-hybridized carbons (Fsp3) is 0.250. The summed E-state index contributed by atoms with van der Waals surface area (Å²) in [5, 5.41) is 10.5. The Hall–Kier alpha value is -1.19. The molecule has 3 heteroatoms. The van der Waals surface area contributed by atoms with Crippen molar-refractivity contribution in [3.63, 3.8) is 0 Å². The molecule has 0 spiro atoms. The summed E-state index contributed by atoms with van der Waals surface area (Å²) in [7, 11) is 0. The number of rotatable bonds is 4. The standard InChI is InChI=1S/C16H16BrFO/c1-16(19,10-12-5-3-2-4-6-12)11-13-7-14(17)9-15(18)8-13/h2-9,19H,10-11H2,1H3. The highest BCUT2D eigenvalue weighted by molar-refractivity contribution is 9.10. The van der Waals surface area contributed by atoms with Crippen molar-refractivity contribution in [3.8, 4) is 0 Å². The third-order valence-electron chi connectivity index (χ3n) is 2.94. The summed E-state index contributed by atoms with van der Waals surface area (Å²) < 4.78 is 14.0. The second-order valence-corrected chi connectivity index (χ2v) is 6.03. The molecule has 1 nitrogen and oxygen atoms in total. The van der Waals surface area contributed by atoms with Gasteiger partial charge in [-0.25, -0.2) is 4.39 Å². The maximum atomic E-state index is 13.3. The zero-order valence-electron chi connectivity index (χ0n) is 10.7. The highest BCUT2D eigenvalue weighted by Gasteiger charge is 2.22. The van der Waals surface area contributed by atoms with E-state index in [2.05, 4.69) is 15.9 Å². The van der Waals surface area contributed by atoms with Gasteiger partial charge in [0.25, 0.3) is 0 Å². The number of halogens is 2. The first-order valence-corrected chi connectivity index (χ1v) is 6.95. The van der Waals surface area contributed by atoms with E-state index in [0.717, 1.165) is 11.1 Å². The lowest BCUT2D eigenvalue weighted by atomic mass is 9.90. The Morgan fingerprint density at radius 2 is 1.68 bits per heavy atom. The first-order valence-electron chi connectivity index (χ1n) is 6.16. The van der Waals surface area contributed by atoms with Crippen molar-refractivity contribution in [2.24, 2.45) is 0 Å². The smallest absolute Gasteiger partial charge is 0.124 e. The minimum absolute atomic E-state index is 0.292. The molecule has 0 saturated carbocycles. The second-order valence-electron chi connectivity index (χ2n) is 5.11. The lowest BCUT2D eigenvalue weighted by molar-refractivity contribution is 0.0608. The van der Waals surface area contributed by atoms with E-state index in [4.69, 9.17) is 0 Å². The summed E-state index contributed by atoms with van der Waals surface area (Å²) in [5.41, 5.74) is 0.963. The summed E-state index contributed by atoms with van der Waals surface area (Å²) in [4.78, 5) is 0. The van der Waals surface area contributed by atoms with Crippen LogP contribution in [-0.2, 0) is 12.8 Å². The van der Waals surface area contributed by atoms with Crippen molar-refractivity contribution >= 4 is 15.9 Å². The molecule has 0 radical (unpaired) electrons. The maximum absolute atomic E-state index is 13.3. The topological polar surface area (TPSA) is 20.2 Å². The third-order valence-corrected chi connectivity index (χ3v) is 3.39. The van der Waals surface area contributed by atoms with Crippen LogP contribution < -0.4 is 0 Å². The molecule has 0 amide bonds. The second kappa shape index (κ2) is 5.85. The van der Waals surface area contributed by atoms with Gasteiger partial charge in [0.1, 0.15) is 5.82 Å². The molecular weight excluding hydrogens is 307 g/mol. The molecule has 0 saturated heterocycles. The molecule has 0 fully saturated rings. The molecule has 1 N–H and O–H groups in total. The van der Waals surface area contributed by atoms with Gasteiger partial charge in [0.05, 0.1) is 5.60 Å². The van der Waals surface area contributed by atoms with E-state index < -0.39 is 5.60 Å². The van der Waals surface area contributed by atoms with Crippen molar-refractivity contribution in [1.29, 1.82) is 0 Å². The predicted octanol–water partition coefficient (Wildman–Crippen LogP) is 4.12. The first kappa shape index (κ1) is 14.2. The number of hydrogen-bond donors (Lipinski definition) is 1. The SMILES string of the molecule is CC(O)(Cc1ccccc1)Cc1cc(F)cc(Br)c1. The van der Waals surface area contributed by atoms with Crippen LogP contribution in [0.15, 0.2) is 53.0 Å². The zero-order chi connectivity index (χ0) is 13.9. The molecule has 1 atom stereocenters. The molecule has 0 bridgehead atoms.